The van der Waals surface area contributed by atoms with E-state index in [-0.39, 0.29) is 31.2 Å². The number of ether oxygens (including phenoxy) is 3. The fourth-order valence-corrected chi connectivity index (χ4v) is 7.07. The lowest BCUT2D eigenvalue weighted by Gasteiger charge is -2.61. The largest absolute Gasteiger partial charge is 0.508 e. The Morgan fingerprint density at radius 1 is 0.958 bits per heavy atom. The van der Waals surface area contributed by atoms with Crippen molar-refractivity contribution < 1.29 is 52.8 Å². The topological polar surface area (TPSA) is 215 Å². The second kappa shape index (κ2) is 15.7. The number of thioether (sulfide) groups is 1. The van der Waals surface area contributed by atoms with Crippen LogP contribution >= 0.6 is 11.8 Å². The van der Waals surface area contributed by atoms with Gasteiger partial charge in [-0.3, -0.25) is 29.8 Å². The predicted molar refractivity (Wildman–Crippen MR) is 172 cm³/mol. The number of likely N-dealkylation sites (tertiary alicyclic amines) is 1. The van der Waals surface area contributed by atoms with E-state index in [2.05, 4.69) is 0 Å². The van der Waals surface area contributed by atoms with Crippen LogP contribution in [0.3, 0.4) is 0 Å². The van der Waals surface area contributed by atoms with Gasteiger partial charge in [0.1, 0.15) is 25.9 Å². The minimum absolute atomic E-state index is 0.152. The van der Waals surface area contributed by atoms with Crippen LogP contribution in [0.5, 0.6) is 0 Å². The van der Waals surface area contributed by atoms with E-state index in [1.54, 1.807) is 20.8 Å². The van der Waals surface area contributed by atoms with Gasteiger partial charge in [0.15, 0.2) is 4.75 Å². The van der Waals surface area contributed by atoms with Gasteiger partial charge in [-0.05, 0) is 60.8 Å². The Morgan fingerprint density at radius 2 is 1.44 bits per heavy atom. The van der Waals surface area contributed by atoms with Crippen molar-refractivity contribution >= 4 is 55.3 Å². The van der Waals surface area contributed by atoms with Crippen LogP contribution < -0.4 is 0 Å². The lowest BCUT2D eigenvalue weighted by Crippen LogP contribution is -2.82. The van der Waals surface area contributed by atoms with E-state index in [1.165, 1.54) is 55.5 Å². The molecule has 1 unspecified atom stereocenters. The molecular weight excluding hydrogens is 670 g/mol. The van der Waals surface area contributed by atoms with Crippen LogP contribution in [0.1, 0.15) is 38.8 Å². The van der Waals surface area contributed by atoms with Crippen LogP contribution in [-0.2, 0) is 46.2 Å². The third-order valence-corrected chi connectivity index (χ3v) is 9.35. The molecule has 18 heteroatoms. The molecule has 3 rings (SSSR count). The van der Waals surface area contributed by atoms with Crippen LogP contribution in [0.15, 0.2) is 48.5 Å². The molecule has 0 aromatic heterocycles. The molecule has 259 valence electrons. The minimum atomic E-state index is -2.11. The summed E-state index contributed by atoms with van der Waals surface area (Å²) in [6, 6.07) is 9.39. The molecule has 0 aliphatic carbocycles. The summed E-state index contributed by atoms with van der Waals surface area (Å²) in [5, 5.41) is 32.3. The third-order valence-electron chi connectivity index (χ3n) is 7.22. The summed E-state index contributed by atoms with van der Waals surface area (Å²) in [5.74, 6) is -2.07. The fourth-order valence-electron chi connectivity index (χ4n) is 5.07. The summed E-state index contributed by atoms with van der Waals surface area (Å²) >= 11 is 0.581. The Morgan fingerprint density at radius 3 is 1.88 bits per heavy atom. The van der Waals surface area contributed by atoms with Crippen molar-refractivity contribution in [1.82, 2.24) is 4.90 Å². The first kappa shape index (κ1) is 38.1. The number of aliphatic hydroxyl groups is 1. The Bertz CT molecular complexity index is 1530. The standard InChI is InChI=1S/C30H36N3O13SSi/c1-18(46-28(38)44-16-20-9-13-22(14-10-20)33(41)42)30(47-23(34)17-45-48(5)6)26(29(2,3)4)31(27(30)37)24(35)25(36)43-15-19-7-11-21(12-8-19)32(39)40/h7-14,18,24,26,35H,15-17H2,1-6H3/t18-,24?,26-,30-/m1/s1. The number of nitro groups is 2. The molecule has 16 nitrogen and oxygen atoms in total. The molecule has 1 amide bonds. The average Bonchev–Trinajstić information content (AvgIpc) is 3.02. The van der Waals surface area contributed by atoms with Crippen molar-refractivity contribution in [2.45, 2.75) is 77.1 Å². The normalized spacial score (nSPS) is 18.8. The second-order valence-electron chi connectivity index (χ2n) is 12.1. The average molecular weight is 707 g/mol. The highest BCUT2D eigenvalue weighted by Crippen LogP contribution is 2.53. The zero-order valence-electron chi connectivity index (χ0n) is 27.1. The van der Waals surface area contributed by atoms with E-state index in [4.69, 9.17) is 18.6 Å². The monoisotopic (exact) mass is 706 g/mol. The quantitative estimate of drug-likeness (QED) is 0.0961. The smallest absolute Gasteiger partial charge is 0.457 e. The highest BCUT2D eigenvalue weighted by Gasteiger charge is 2.71. The predicted octanol–water partition coefficient (Wildman–Crippen LogP) is 4.13. The number of carbonyl (C=O) groups excluding carboxylic acids is 4. The molecular formula is C30H36N3O13SSi. The lowest BCUT2D eigenvalue weighted by molar-refractivity contribution is -0.385. The number of β-lactam (4-membered cyclic amide) rings is 1. The van der Waals surface area contributed by atoms with E-state index < -0.39 is 70.6 Å². The third kappa shape index (κ3) is 8.94. The second-order valence-corrected chi connectivity index (χ2v) is 15.5. The molecule has 1 fully saturated rings. The molecule has 1 saturated heterocycles. The van der Waals surface area contributed by atoms with Gasteiger partial charge in [-0.2, -0.15) is 0 Å². The van der Waals surface area contributed by atoms with Gasteiger partial charge in [0.05, 0.1) is 15.9 Å². The summed E-state index contributed by atoms with van der Waals surface area (Å²) in [7, 11) is -1.28. The molecule has 1 aliphatic rings. The number of amides is 1. The van der Waals surface area contributed by atoms with Gasteiger partial charge in [-0.1, -0.05) is 32.5 Å². The van der Waals surface area contributed by atoms with Crippen LogP contribution in [0.4, 0.5) is 16.2 Å². The highest BCUT2D eigenvalue weighted by atomic mass is 32.2. The number of benzene rings is 2. The molecule has 2 aromatic carbocycles. The van der Waals surface area contributed by atoms with Crippen molar-refractivity contribution in [3.63, 3.8) is 0 Å². The molecule has 1 aliphatic heterocycles. The molecule has 0 spiro atoms. The number of esters is 1. The molecule has 2 aromatic rings. The van der Waals surface area contributed by atoms with Crippen molar-refractivity contribution in [2.75, 3.05) is 6.61 Å². The van der Waals surface area contributed by atoms with E-state index in [9.17, 15) is 44.5 Å². The first-order valence-corrected chi connectivity index (χ1v) is 17.7. The maximum Gasteiger partial charge on any atom is 0.508 e. The van der Waals surface area contributed by atoms with Crippen LogP contribution in [0, 0.1) is 25.6 Å². The van der Waals surface area contributed by atoms with Crippen molar-refractivity contribution in [2.24, 2.45) is 5.41 Å². The van der Waals surface area contributed by atoms with E-state index in [0.717, 1.165) is 4.90 Å². The first-order valence-electron chi connectivity index (χ1n) is 14.5. The van der Waals surface area contributed by atoms with E-state index >= 15 is 0 Å². The zero-order chi connectivity index (χ0) is 36.0. The number of non-ortho nitro benzene ring substituents is 2. The number of carbonyl (C=O) groups is 4. The maximum absolute atomic E-state index is 14.0. The zero-order valence-corrected chi connectivity index (χ0v) is 28.9. The molecule has 4 atom stereocenters. The Balaban J connectivity index is 1.82. The van der Waals surface area contributed by atoms with Crippen LogP contribution in [0.25, 0.3) is 0 Å². The number of rotatable bonds is 14. The summed E-state index contributed by atoms with van der Waals surface area (Å²) in [6.07, 6.45) is -4.64. The number of nitrogens with zero attached hydrogens (tertiary/aromatic N) is 3. The van der Waals surface area contributed by atoms with E-state index in [1.807, 2.05) is 13.1 Å². The van der Waals surface area contributed by atoms with Gasteiger partial charge in [0, 0.05) is 24.3 Å². The Kier molecular flexibility index (Phi) is 12.4. The molecule has 1 heterocycles. The summed E-state index contributed by atoms with van der Waals surface area (Å²) in [5.41, 5.74) is -0.416. The summed E-state index contributed by atoms with van der Waals surface area (Å²) < 4.78 is 19.6. The maximum atomic E-state index is 14.0. The van der Waals surface area contributed by atoms with Crippen molar-refractivity contribution in [3.05, 3.63) is 79.9 Å². The van der Waals surface area contributed by atoms with Crippen molar-refractivity contribution in [1.29, 1.82) is 0 Å². The van der Waals surface area contributed by atoms with E-state index in [0.29, 0.717) is 22.9 Å². The van der Waals surface area contributed by atoms with Gasteiger partial charge in [0.25, 0.3) is 11.4 Å². The summed E-state index contributed by atoms with van der Waals surface area (Å²) in [4.78, 5) is 74.5. The Labute approximate surface area is 281 Å². The van der Waals surface area contributed by atoms with Gasteiger partial charge in [-0.15, -0.1) is 0 Å². The molecule has 48 heavy (non-hydrogen) atoms. The van der Waals surface area contributed by atoms with Crippen molar-refractivity contribution in [3.8, 4) is 0 Å². The Hall–Kier alpha value is -4.39. The number of hydrogen-bond donors (Lipinski definition) is 1. The van der Waals surface area contributed by atoms with Gasteiger partial charge in [0.2, 0.25) is 26.3 Å². The molecule has 1 N–H and O–H groups in total. The summed E-state index contributed by atoms with van der Waals surface area (Å²) in [6.45, 7) is 9.14. The number of aliphatic hydroxyl groups excluding tert-OH is 1. The van der Waals surface area contributed by atoms with Crippen LogP contribution in [0.2, 0.25) is 13.1 Å². The fraction of sp³-hybridized carbons (Fsp3) is 0.467. The molecule has 0 saturated carbocycles. The first-order chi connectivity index (χ1) is 22.4. The lowest BCUT2D eigenvalue weighted by atomic mass is 9.68. The van der Waals surface area contributed by atoms with Gasteiger partial charge >= 0.3 is 12.1 Å². The van der Waals surface area contributed by atoms with Crippen LogP contribution in [-0.4, -0.2) is 81.8 Å². The van der Waals surface area contributed by atoms with Gasteiger partial charge in [-0.25, -0.2) is 9.59 Å². The SMILES string of the molecule is C[C@@H](OC(=O)OCc1ccc([N+](=O)[O-])cc1)[C@]1(SC(=O)CO[Si](C)C)C(=O)N(C(O)C(=O)OCc2ccc([N+](=O)[O-])cc2)[C@@H]1C(C)(C)C. The minimum Gasteiger partial charge on any atom is -0.457 e. The molecule has 0 bridgehead atoms. The van der Waals surface area contributed by atoms with Gasteiger partial charge < -0.3 is 28.6 Å². The number of nitro benzene ring substituents is 2. The number of hydrogen-bond acceptors (Lipinski definition) is 14. The molecule has 1 radical (unpaired) electrons. The highest BCUT2D eigenvalue weighted by molar-refractivity contribution is 8.15.